The van der Waals surface area contributed by atoms with Crippen LogP contribution in [0.1, 0.15) is 46.5 Å². The third-order valence-electron chi connectivity index (χ3n) is 3.53. The third-order valence-corrected chi connectivity index (χ3v) is 3.53. The van der Waals surface area contributed by atoms with Gasteiger partial charge in [0.15, 0.2) is 0 Å². The first kappa shape index (κ1) is 10.0. The molecular formula is C11H22O. The van der Waals surface area contributed by atoms with Crippen LogP contribution >= 0.6 is 0 Å². The van der Waals surface area contributed by atoms with E-state index >= 15 is 0 Å². The van der Waals surface area contributed by atoms with Crippen molar-refractivity contribution in [3.63, 3.8) is 0 Å². The van der Waals surface area contributed by atoms with Crippen LogP contribution in [0, 0.1) is 17.3 Å². The summed E-state index contributed by atoms with van der Waals surface area (Å²) in [5.74, 6) is 1.73. The van der Waals surface area contributed by atoms with E-state index in [1.54, 1.807) is 0 Å². The van der Waals surface area contributed by atoms with Gasteiger partial charge >= 0.3 is 0 Å². The van der Waals surface area contributed by atoms with E-state index in [9.17, 15) is 0 Å². The van der Waals surface area contributed by atoms with Gasteiger partial charge in [-0.1, -0.05) is 20.8 Å². The van der Waals surface area contributed by atoms with Gasteiger partial charge in [0.25, 0.3) is 0 Å². The molecule has 2 atom stereocenters. The minimum absolute atomic E-state index is 0.362. The van der Waals surface area contributed by atoms with Crippen molar-refractivity contribution in [3.8, 4) is 0 Å². The fourth-order valence-electron chi connectivity index (χ4n) is 2.44. The van der Waals surface area contributed by atoms with Crippen LogP contribution in [-0.4, -0.2) is 11.7 Å². The Kier molecular flexibility index (Phi) is 3.16. The number of aliphatic hydroxyl groups is 1. The Morgan fingerprint density at radius 1 is 1.50 bits per heavy atom. The summed E-state index contributed by atoms with van der Waals surface area (Å²) in [6, 6.07) is 0. The molecule has 1 rings (SSSR count). The van der Waals surface area contributed by atoms with Gasteiger partial charge in [-0.05, 0) is 42.9 Å². The highest BCUT2D eigenvalue weighted by Crippen LogP contribution is 2.46. The molecule has 0 aromatic rings. The number of hydrogen-bond donors (Lipinski definition) is 1. The second-order valence-electron chi connectivity index (χ2n) is 5.03. The zero-order chi connectivity index (χ0) is 9.19. The van der Waals surface area contributed by atoms with E-state index in [0.29, 0.717) is 12.0 Å². The lowest BCUT2D eigenvalue weighted by molar-refractivity contribution is 0.192. The van der Waals surface area contributed by atoms with Crippen molar-refractivity contribution >= 4 is 0 Å². The Hall–Kier alpha value is -0.0400. The zero-order valence-electron chi connectivity index (χ0n) is 8.64. The van der Waals surface area contributed by atoms with Crippen LogP contribution in [0.5, 0.6) is 0 Å². The highest BCUT2D eigenvalue weighted by atomic mass is 16.3. The monoisotopic (exact) mass is 170 g/mol. The molecule has 0 aromatic carbocycles. The predicted octanol–water partition coefficient (Wildman–Crippen LogP) is 2.83. The van der Waals surface area contributed by atoms with E-state index < -0.39 is 0 Å². The highest BCUT2D eigenvalue weighted by Gasteiger charge is 2.35. The van der Waals surface area contributed by atoms with Crippen molar-refractivity contribution in [2.45, 2.75) is 46.5 Å². The molecule has 1 fully saturated rings. The van der Waals surface area contributed by atoms with Crippen molar-refractivity contribution < 1.29 is 5.11 Å². The Bertz CT molecular complexity index is 142. The van der Waals surface area contributed by atoms with Crippen molar-refractivity contribution in [1.82, 2.24) is 0 Å². The van der Waals surface area contributed by atoms with Crippen molar-refractivity contribution in [1.29, 1.82) is 0 Å². The maximum Gasteiger partial charge on any atom is 0.0436 e. The molecule has 0 bridgehead atoms. The molecule has 1 saturated carbocycles. The largest absolute Gasteiger partial charge is 0.396 e. The third kappa shape index (κ3) is 2.22. The van der Waals surface area contributed by atoms with Gasteiger partial charge in [0.1, 0.15) is 0 Å². The molecule has 0 radical (unpaired) electrons. The Balaban J connectivity index is 2.43. The summed E-state index contributed by atoms with van der Waals surface area (Å²) in [5.41, 5.74) is 0.448. The minimum Gasteiger partial charge on any atom is -0.396 e. The summed E-state index contributed by atoms with van der Waals surface area (Å²) in [7, 11) is 0. The first-order chi connectivity index (χ1) is 5.57. The van der Waals surface area contributed by atoms with Gasteiger partial charge in [-0.3, -0.25) is 0 Å². The number of hydrogen-bond acceptors (Lipinski definition) is 1. The lowest BCUT2D eigenvalue weighted by Crippen LogP contribution is -2.15. The first-order valence-electron chi connectivity index (χ1n) is 5.18. The zero-order valence-corrected chi connectivity index (χ0v) is 8.64. The molecule has 12 heavy (non-hydrogen) atoms. The molecule has 0 saturated heterocycles. The summed E-state index contributed by atoms with van der Waals surface area (Å²) >= 11 is 0. The fourth-order valence-corrected chi connectivity index (χ4v) is 2.44. The predicted molar refractivity (Wildman–Crippen MR) is 52.0 cm³/mol. The smallest absolute Gasteiger partial charge is 0.0436 e. The highest BCUT2D eigenvalue weighted by molar-refractivity contribution is 4.86. The molecule has 1 heteroatoms. The molecule has 1 nitrogen and oxygen atoms in total. The second-order valence-corrected chi connectivity index (χ2v) is 5.03. The summed E-state index contributed by atoms with van der Waals surface area (Å²) in [6.45, 7) is 7.32. The van der Waals surface area contributed by atoms with Crippen LogP contribution in [0.3, 0.4) is 0 Å². The van der Waals surface area contributed by atoms with Gasteiger partial charge in [0.05, 0.1) is 0 Å². The molecule has 1 aliphatic rings. The van der Waals surface area contributed by atoms with E-state index in [2.05, 4.69) is 20.8 Å². The first-order valence-corrected chi connectivity index (χ1v) is 5.18. The number of aliphatic hydroxyl groups excluding tert-OH is 1. The van der Waals surface area contributed by atoms with Gasteiger partial charge in [-0.25, -0.2) is 0 Å². The van der Waals surface area contributed by atoms with Crippen LogP contribution in [0.15, 0.2) is 0 Å². The van der Waals surface area contributed by atoms with Gasteiger partial charge in [-0.15, -0.1) is 0 Å². The maximum absolute atomic E-state index is 8.92. The van der Waals surface area contributed by atoms with Gasteiger partial charge in [0, 0.05) is 6.61 Å². The Labute approximate surface area is 76.2 Å². The van der Waals surface area contributed by atoms with E-state index in [1.165, 1.54) is 19.3 Å². The molecule has 0 spiro atoms. The van der Waals surface area contributed by atoms with Crippen molar-refractivity contribution in [2.75, 3.05) is 6.61 Å². The lowest BCUT2D eigenvalue weighted by Gasteiger charge is -2.23. The van der Waals surface area contributed by atoms with E-state index in [4.69, 9.17) is 5.11 Å². The van der Waals surface area contributed by atoms with Gasteiger partial charge in [0.2, 0.25) is 0 Å². The van der Waals surface area contributed by atoms with Crippen LogP contribution in [0.2, 0.25) is 0 Å². The molecule has 72 valence electrons. The summed E-state index contributed by atoms with van der Waals surface area (Å²) in [6.07, 6.45) is 5.01. The second kappa shape index (κ2) is 3.78. The summed E-state index contributed by atoms with van der Waals surface area (Å²) in [4.78, 5) is 0. The molecule has 1 aliphatic carbocycles. The molecule has 0 heterocycles. The Morgan fingerprint density at radius 2 is 2.17 bits per heavy atom. The summed E-state index contributed by atoms with van der Waals surface area (Å²) in [5, 5.41) is 8.92. The average molecular weight is 170 g/mol. The molecule has 0 aliphatic heterocycles. The molecular weight excluding hydrogens is 148 g/mol. The molecule has 0 amide bonds. The molecule has 2 unspecified atom stereocenters. The van der Waals surface area contributed by atoms with Gasteiger partial charge in [-0.2, -0.15) is 0 Å². The van der Waals surface area contributed by atoms with Crippen LogP contribution in [0.4, 0.5) is 0 Å². The minimum atomic E-state index is 0.362. The van der Waals surface area contributed by atoms with Crippen LogP contribution < -0.4 is 0 Å². The summed E-state index contributed by atoms with van der Waals surface area (Å²) < 4.78 is 0. The van der Waals surface area contributed by atoms with Crippen LogP contribution in [0.25, 0.3) is 0 Å². The lowest BCUT2D eigenvalue weighted by atomic mass is 9.83. The standard InChI is InChI=1S/C11H22O/c1-9(2)10-4-5-11(3,8-10)6-7-12/h9-10,12H,4-8H2,1-3H3. The topological polar surface area (TPSA) is 20.2 Å². The Morgan fingerprint density at radius 3 is 2.58 bits per heavy atom. The quantitative estimate of drug-likeness (QED) is 0.690. The van der Waals surface area contributed by atoms with E-state index in [1.807, 2.05) is 0 Å². The van der Waals surface area contributed by atoms with E-state index in [-0.39, 0.29) is 0 Å². The number of rotatable bonds is 3. The van der Waals surface area contributed by atoms with Crippen molar-refractivity contribution in [3.05, 3.63) is 0 Å². The van der Waals surface area contributed by atoms with E-state index in [0.717, 1.165) is 18.3 Å². The van der Waals surface area contributed by atoms with Crippen molar-refractivity contribution in [2.24, 2.45) is 17.3 Å². The molecule has 1 N–H and O–H groups in total. The molecule has 0 aromatic heterocycles. The SMILES string of the molecule is CC(C)C1CCC(C)(CCO)C1. The van der Waals surface area contributed by atoms with Crippen LogP contribution in [-0.2, 0) is 0 Å². The van der Waals surface area contributed by atoms with Gasteiger partial charge < -0.3 is 5.11 Å². The average Bonchev–Trinajstić information content (AvgIpc) is 2.33. The normalized spacial score (nSPS) is 36.2. The maximum atomic E-state index is 8.92. The fraction of sp³-hybridized carbons (Fsp3) is 1.00.